The molecule has 0 saturated carbocycles. The molecule has 0 aliphatic heterocycles. The molecular weight excluding hydrogens is 325 g/mol. The van der Waals surface area contributed by atoms with E-state index in [1.165, 1.54) is 24.0 Å². The van der Waals surface area contributed by atoms with Crippen LogP contribution in [0.2, 0.25) is 0 Å². The van der Waals surface area contributed by atoms with E-state index in [9.17, 15) is 0 Å². The Hall–Kier alpha value is -0.780. The number of guanidine groups is 1. The van der Waals surface area contributed by atoms with Crippen molar-refractivity contribution in [2.24, 2.45) is 4.99 Å². The second-order valence-electron chi connectivity index (χ2n) is 4.14. The fourth-order valence-electron chi connectivity index (χ4n) is 2.36. The quantitative estimate of drug-likeness (QED) is 0.490. The number of aryl methyl sites for hydroxylation is 1. The zero-order chi connectivity index (χ0) is 11.4. The Kier molecular flexibility index (Phi) is 5.74. The van der Waals surface area contributed by atoms with E-state index >= 15 is 0 Å². The summed E-state index contributed by atoms with van der Waals surface area (Å²) in [5, 5.41) is 6.38. The summed E-state index contributed by atoms with van der Waals surface area (Å²) >= 11 is 0. The van der Waals surface area contributed by atoms with Gasteiger partial charge in [0.2, 0.25) is 0 Å². The highest BCUT2D eigenvalue weighted by Gasteiger charge is 2.21. The number of fused-ring (bicyclic) bond motifs is 1. The molecule has 1 aromatic rings. The largest absolute Gasteiger partial charge is 0.359 e. The topological polar surface area (TPSA) is 36.4 Å². The molecule has 0 heterocycles. The molecule has 1 unspecified atom stereocenters. The van der Waals surface area contributed by atoms with Gasteiger partial charge in [-0.15, -0.1) is 24.0 Å². The molecule has 0 aromatic heterocycles. The Morgan fingerprint density at radius 1 is 1.41 bits per heavy atom. The minimum atomic E-state index is 0. The van der Waals surface area contributed by atoms with Crippen LogP contribution >= 0.6 is 24.0 Å². The lowest BCUT2D eigenvalue weighted by atomic mass is 10.0. The van der Waals surface area contributed by atoms with Gasteiger partial charge in [0, 0.05) is 26.6 Å². The predicted molar refractivity (Wildman–Crippen MR) is 83.3 cm³/mol. The summed E-state index contributed by atoms with van der Waals surface area (Å²) in [7, 11) is 3.68. The van der Waals surface area contributed by atoms with Crippen molar-refractivity contribution in [2.75, 3.05) is 20.6 Å². The maximum Gasteiger partial charge on any atom is 0.190 e. The van der Waals surface area contributed by atoms with Gasteiger partial charge >= 0.3 is 0 Å². The number of hydrogen-bond donors (Lipinski definition) is 2. The number of nitrogens with one attached hydrogen (secondary N) is 2. The lowest BCUT2D eigenvalue weighted by Gasteiger charge is -2.14. The van der Waals surface area contributed by atoms with E-state index in [-0.39, 0.29) is 24.0 Å². The lowest BCUT2D eigenvalue weighted by Crippen LogP contribution is -2.36. The zero-order valence-electron chi connectivity index (χ0n) is 10.4. The first kappa shape index (κ1) is 14.3. The van der Waals surface area contributed by atoms with Crippen LogP contribution < -0.4 is 10.6 Å². The minimum absolute atomic E-state index is 0. The van der Waals surface area contributed by atoms with Crippen molar-refractivity contribution in [3.05, 3.63) is 35.4 Å². The minimum Gasteiger partial charge on any atom is -0.359 e. The van der Waals surface area contributed by atoms with E-state index in [4.69, 9.17) is 0 Å². The van der Waals surface area contributed by atoms with Crippen molar-refractivity contribution in [3.63, 3.8) is 0 Å². The van der Waals surface area contributed by atoms with E-state index in [0.717, 1.165) is 12.5 Å². The average Bonchev–Trinajstić information content (AvgIpc) is 2.74. The highest BCUT2D eigenvalue weighted by atomic mass is 127. The van der Waals surface area contributed by atoms with Crippen LogP contribution in [0.3, 0.4) is 0 Å². The van der Waals surface area contributed by atoms with Crippen LogP contribution in [0.1, 0.15) is 23.5 Å². The SMILES string of the molecule is CN=C(NC)NCC1CCc2ccccc21.I. The van der Waals surface area contributed by atoms with Crippen molar-refractivity contribution in [1.29, 1.82) is 0 Å². The number of halogens is 1. The van der Waals surface area contributed by atoms with Gasteiger partial charge in [-0.1, -0.05) is 24.3 Å². The van der Waals surface area contributed by atoms with E-state index < -0.39 is 0 Å². The molecule has 94 valence electrons. The van der Waals surface area contributed by atoms with Gasteiger partial charge in [0.05, 0.1) is 0 Å². The summed E-state index contributed by atoms with van der Waals surface area (Å²) < 4.78 is 0. The van der Waals surface area contributed by atoms with Crippen LogP contribution in [0.4, 0.5) is 0 Å². The summed E-state index contributed by atoms with van der Waals surface area (Å²) in [6.07, 6.45) is 2.45. The Bertz CT molecular complexity index is 390. The first-order valence-corrected chi connectivity index (χ1v) is 5.81. The molecule has 0 bridgehead atoms. The standard InChI is InChI=1S/C13H19N3.HI/c1-14-13(15-2)16-9-11-8-7-10-5-3-4-6-12(10)11;/h3-6,11H,7-9H2,1-2H3,(H2,14,15,16);1H. The van der Waals surface area contributed by atoms with Crippen LogP contribution in [0.25, 0.3) is 0 Å². The molecule has 1 atom stereocenters. The molecule has 0 spiro atoms. The maximum atomic E-state index is 4.12. The summed E-state index contributed by atoms with van der Waals surface area (Å²) in [5.74, 6) is 1.49. The summed E-state index contributed by atoms with van der Waals surface area (Å²) in [6, 6.07) is 8.74. The maximum absolute atomic E-state index is 4.12. The van der Waals surface area contributed by atoms with Gasteiger partial charge in [0.15, 0.2) is 5.96 Å². The number of benzene rings is 1. The molecule has 3 nitrogen and oxygen atoms in total. The number of nitrogens with zero attached hydrogens (tertiary/aromatic N) is 1. The van der Waals surface area contributed by atoms with E-state index in [2.05, 4.69) is 39.9 Å². The summed E-state index contributed by atoms with van der Waals surface area (Å²) in [5.41, 5.74) is 3.01. The van der Waals surface area contributed by atoms with Crippen molar-refractivity contribution < 1.29 is 0 Å². The second kappa shape index (κ2) is 6.83. The summed E-state index contributed by atoms with van der Waals surface area (Å²) in [6.45, 7) is 0.963. The molecule has 1 aliphatic carbocycles. The van der Waals surface area contributed by atoms with Crippen LogP contribution in [-0.2, 0) is 6.42 Å². The molecule has 0 saturated heterocycles. The lowest BCUT2D eigenvalue weighted by molar-refractivity contribution is 0.646. The normalized spacial score (nSPS) is 18.2. The third kappa shape index (κ3) is 3.34. The first-order chi connectivity index (χ1) is 7.85. The monoisotopic (exact) mass is 345 g/mol. The third-order valence-corrected chi connectivity index (χ3v) is 3.23. The van der Waals surface area contributed by atoms with Crippen LogP contribution in [0.15, 0.2) is 29.3 Å². The number of rotatable bonds is 2. The van der Waals surface area contributed by atoms with Gasteiger partial charge in [-0.25, -0.2) is 0 Å². The molecule has 2 N–H and O–H groups in total. The van der Waals surface area contributed by atoms with Crippen molar-refractivity contribution in [2.45, 2.75) is 18.8 Å². The molecule has 0 amide bonds. The summed E-state index contributed by atoms with van der Waals surface area (Å²) in [4.78, 5) is 4.12. The van der Waals surface area contributed by atoms with Crippen LogP contribution in [-0.4, -0.2) is 26.6 Å². The highest BCUT2D eigenvalue weighted by molar-refractivity contribution is 14.0. The molecule has 0 fully saturated rings. The molecule has 17 heavy (non-hydrogen) atoms. The Labute approximate surface area is 120 Å². The Balaban J connectivity index is 0.00000144. The van der Waals surface area contributed by atoms with E-state index in [1.54, 1.807) is 7.05 Å². The van der Waals surface area contributed by atoms with E-state index in [1.807, 2.05) is 7.05 Å². The molecule has 0 radical (unpaired) electrons. The second-order valence-corrected chi connectivity index (χ2v) is 4.14. The number of aliphatic imine (C=N–C) groups is 1. The van der Waals surface area contributed by atoms with Crippen molar-refractivity contribution in [3.8, 4) is 0 Å². The third-order valence-electron chi connectivity index (χ3n) is 3.23. The molecule has 1 aliphatic rings. The van der Waals surface area contributed by atoms with E-state index in [0.29, 0.717) is 5.92 Å². The van der Waals surface area contributed by atoms with Gasteiger partial charge < -0.3 is 10.6 Å². The highest BCUT2D eigenvalue weighted by Crippen LogP contribution is 2.31. The van der Waals surface area contributed by atoms with Crippen LogP contribution in [0, 0.1) is 0 Å². The molecular formula is C13H20IN3. The van der Waals surface area contributed by atoms with Gasteiger partial charge in [-0.3, -0.25) is 4.99 Å². The van der Waals surface area contributed by atoms with Gasteiger partial charge in [-0.05, 0) is 24.0 Å². The predicted octanol–water partition coefficient (Wildman–Crippen LogP) is 2.13. The van der Waals surface area contributed by atoms with Gasteiger partial charge in [0.1, 0.15) is 0 Å². The molecule has 1 aromatic carbocycles. The van der Waals surface area contributed by atoms with Crippen LogP contribution in [0.5, 0.6) is 0 Å². The van der Waals surface area contributed by atoms with Crippen molar-refractivity contribution in [1.82, 2.24) is 10.6 Å². The first-order valence-electron chi connectivity index (χ1n) is 5.81. The Morgan fingerprint density at radius 3 is 2.88 bits per heavy atom. The molecule has 2 rings (SSSR count). The fraction of sp³-hybridized carbons (Fsp3) is 0.462. The number of hydrogen-bond acceptors (Lipinski definition) is 1. The fourth-order valence-corrected chi connectivity index (χ4v) is 2.36. The smallest absolute Gasteiger partial charge is 0.190 e. The van der Waals surface area contributed by atoms with Gasteiger partial charge in [-0.2, -0.15) is 0 Å². The van der Waals surface area contributed by atoms with Gasteiger partial charge in [0.25, 0.3) is 0 Å². The average molecular weight is 345 g/mol. The zero-order valence-corrected chi connectivity index (χ0v) is 12.7. The van der Waals surface area contributed by atoms with Crippen molar-refractivity contribution >= 4 is 29.9 Å². The Morgan fingerprint density at radius 2 is 2.18 bits per heavy atom. The molecule has 4 heteroatoms.